The lowest BCUT2D eigenvalue weighted by Gasteiger charge is -2.21. The van der Waals surface area contributed by atoms with Crippen LogP contribution in [-0.2, 0) is 11.2 Å². The highest BCUT2D eigenvalue weighted by molar-refractivity contribution is 5.94. The third-order valence-corrected chi connectivity index (χ3v) is 5.08. The van der Waals surface area contributed by atoms with E-state index in [4.69, 9.17) is 9.26 Å². The van der Waals surface area contributed by atoms with Gasteiger partial charge in [0.25, 0.3) is 0 Å². The van der Waals surface area contributed by atoms with E-state index in [1.54, 1.807) is 0 Å². The number of aryl methyl sites for hydroxylation is 1. The molecule has 1 N–H and O–H groups in total. The molecule has 1 aromatic heterocycles. The van der Waals surface area contributed by atoms with Crippen LogP contribution >= 0.6 is 0 Å². The average Bonchev–Trinajstić information content (AvgIpc) is 3.46. The van der Waals surface area contributed by atoms with Crippen molar-refractivity contribution in [1.29, 1.82) is 0 Å². The van der Waals surface area contributed by atoms with Gasteiger partial charge in [-0.05, 0) is 56.2 Å². The predicted octanol–water partition coefficient (Wildman–Crippen LogP) is 4.31. The third kappa shape index (κ3) is 4.79. The van der Waals surface area contributed by atoms with Crippen LogP contribution in [0.15, 0.2) is 53.1 Å². The van der Waals surface area contributed by atoms with E-state index in [-0.39, 0.29) is 12.3 Å². The molecular weight excluding hydrogens is 380 g/mol. The zero-order valence-corrected chi connectivity index (χ0v) is 17.1. The zero-order valence-electron chi connectivity index (χ0n) is 17.1. The summed E-state index contributed by atoms with van der Waals surface area (Å²) in [5.41, 5.74) is 2.78. The lowest BCUT2D eigenvalue weighted by molar-refractivity contribution is -0.116. The van der Waals surface area contributed by atoms with Gasteiger partial charge in [-0.2, -0.15) is 4.98 Å². The first-order chi connectivity index (χ1) is 14.7. The van der Waals surface area contributed by atoms with Gasteiger partial charge in [-0.1, -0.05) is 17.3 Å². The van der Waals surface area contributed by atoms with E-state index in [9.17, 15) is 4.79 Å². The van der Waals surface area contributed by atoms with Gasteiger partial charge >= 0.3 is 0 Å². The molecule has 0 bridgehead atoms. The number of amides is 1. The molecule has 0 spiro atoms. The molecule has 2 heterocycles. The van der Waals surface area contributed by atoms with Crippen molar-refractivity contribution in [3.63, 3.8) is 0 Å². The monoisotopic (exact) mass is 406 g/mol. The Labute approximate surface area is 176 Å². The van der Waals surface area contributed by atoms with E-state index in [1.807, 2.05) is 49.4 Å². The van der Waals surface area contributed by atoms with Crippen molar-refractivity contribution >= 4 is 17.3 Å². The molecule has 1 aliphatic heterocycles. The van der Waals surface area contributed by atoms with Gasteiger partial charge in [-0.15, -0.1) is 0 Å². The molecule has 0 atom stereocenters. The highest BCUT2D eigenvalue weighted by atomic mass is 16.5. The van der Waals surface area contributed by atoms with E-state index in [0.29, 0.717) is 24.7 Å². The molecule has 0 radical (unpaired) electrons. The summed E-state index contributed by atoms with van der Waals surface area (Å²) in [5.74, 6) is 1.69. The van der Waals surface area contributed by atoms with Gasteiger partial charge in [-0.3, -0.25) is 4.79 Å². The number of nitrogens with one attached hydrogen (secondary N) is 1. The second-order valence-electron chi connectivity index (χ2n) is 7.23. The Hall–Kier alpha value is -3.35. The van der Waals surface area contributed by atoms with Crippen molar-refractivity contribution in [3.8, 4) is 17.1 Å². The topological polar surface area (TPSA) is 80.5 Å². The minimum absolute atomic E-state index is 0.0672. The van der Waals surface area contributed by atoms with Crippen LogP contribution in [0.2, 0.25) is 0 Å². The first kappa shape index (κ1) is 19.9. The fraction of sp³-hybridized carbons (Fsp3) is 0.348. The SMILES string of the molecule is CCOc1ccc(-c2noc(CCC(=O)Nc3ccccc3N3CCCC3)n2)cc1. The van der Waals surface area contributed by atoms with Gasteiger partial charge < -0.3 is 19.5 Å². The molecule has 1 fully saturated rings. The zero-order chi connectivity index (χ0) is 20.8. The van der Waals surface area contributed by atoms with Gasteiger partial charge in [0.2, 0.25) is 17.6 Å². The summed E-state index contributed by atoms with van der Waals surface area (Å²) in [6.07, 6.45) is 3.05. The summed E-state index contributed by atoms with van der Waals surface area (Å²) in [6, 6.07) is 15.5. The van der Waals surface area contributed by atoms with Crippen LogP contribution in [0.5, 0.6) is 5.75 Å². The third-order valence-electron chi connectivity index (χ3n) is 5.08. The number of aromatic nitrogens is 2. The number of benzene rings is 2. The van der Waals surface area contributed by atoms with E-state index in [2.05, 4.69) is 26.4 Å². The number of hydrogen-bond donors (Lipinski definition) is 1. The van der Waals surface area contributed by atoms with E-state index >= 15 is 0 Å². The second-order valence-corrected chi connectivity index (χ2v) is 7.23. The minimum Gasteiger partial charge on any atom is -0.494 e. The van der Waals surface area contributed by atoms with E-state index < -0.39 is 0 Å². The van der Waals surface area contributed by atoms with Crippen molar-refractivity contribution in [2.45, 2.75) is 32.6 Å². The molecule has 30 heavy (non-hydrogen) atoms. The van der Waals surface area contributed by atoms with Gasteiger partial charge in [0.15, 0.2) is 0 Å². The normalized spacial score (nSPS) is 13.4. The quantitative estimate of drug-likeness (QED) is 0.601. The Morgan fingerprint density at radius 2 is 1.90 bits per heavy atom. The van der Waals surface area contributed by atoms with Gasteiger partial charge in [0, 0.05) is 31.5 Å². The molecular formula is C23H26N4O3. The fourth-order valence-corrected chi connectivity index (χ4v) is 3.59. The van der Waals surface area contributed by atoms with Crippen molar-refractivity contribution in [2.75, 3.05) is 29.9 Å². The number of carbonyl (C=O) groups excluding carboxylic acids is 1. The minimum atomic E-state index is -0.0672. The lowest BCUT2D eigenvalue weighted by Crippen LogP contribution is -2.21. The van der Waals surface area contributed by atoms with E-state index in [0.717, 1.165) is 35.8 Å². The standard InChI is InChI=1S/C23H26N4O3/c1-2-29-18-11-9-17(10-12-18)23-25-22(30-26-23)14-13-21(28)24-19-7-3-4-8-20(19)27-15-5-6-16-27/h3-4,7-12H,2,5-6,13-16H2,1H3,(H,24,28). The summed E-state index contributed by atoms with van der Waals surface area (Å²) in [7, 11) is 0. The molecule has 7 heteroatoms. The average molecular weight is 406 g/mol. The molecule has 3 aromatic rings. The maximum absolute atomic E-state index is 12.5. The maximum Gasteiger partial charge on any atom is 0.227 e. The Bertz CT molecular complexity index is 978. The van der Waals surface area contributed by atoms with Crippen LogP contribution < -0.4 is 15.0 Å². The van der Waals surface area contributed by atoms with Gasteiger partial charge in [-0.25, -0.2) is 0 Å². The number of anilines is 2. The smallest absolute Gasteiger partial charge is 0.227 e. The molecule has 1 amide bonds. The molecule has 1 saturated heterocycles. The van der Waals surface area contributed by atoms with Crippen LogP contribution in [-0.4, -0.2) is 35.7 Å². The Kier molecular flexibility index (Phi) is 6.27. The summed E-state index contributed by atoms with van der Waals surface area (Å²) in [6.45, 7) is 4.63. The largest absolute Gasteiger partial charge is 0.494 e. The lowest BCUT2D eigenvalue weighted by atomic mass is 10.2. The maximum atomic E-state index is 12.5. The van der Waals surface area contributed by atoms with Crippen molar-refractivity contribution in [1.82, 2.24) is 10.1 Å². The fourth-order valence-electron chi connectivity index (χ4n) is 3.59. The van der Waals surface area contributed by atoms with Crippen LogP contribution in [0.4, 0.5) is 11.4 Å². The number of hydrogen-bond acceptors (Lipinski definition) is 6. The summed E-state index contributed by atoms with van der Waals surface area (Å²) in [5, 5.41) is 7.06. The first-order valence-electron chi connectivity index (χ1n) is 10.4. The first-order valence-corrected chi connectivity index (χ1v) is 10.4. The number of para-hydroxylation sites is 2. The van der Waals surface area contributed by atoms with Crippen LogP contribution in [0, 0.1) is 0 Å². The number of carbonyl (C=O) groups is 1. The Balaban J connectivity index is 1.34. The highest BCUT2D eigenvalue weighted by Crippen LogP contribution is 2.28. The second kappa shape index (κ2) is 9.43. The van der Waals surface area contributed by atoms with Crippen LogP contribution in [0.3, 0.4) is 0 Å². The molecule has 4 rings (SSSR count). The van der Waals surface area contributed by atoms with Crippen LogP contribution in [0.1, 0.15) is 32.1 Å². The molecule has 1 aliphatic rings. The van der Waals surface area contributed by atoms with Crippen molar-refractivity contribution in [3.05, 3.63) is 54.4 Å². The number of ether oxygens (including phenoxy) is 1. The molecule has 156 valence electrons. The van der Waals surface area contributed by atoms with Gasteiger partial charge in [0.1, 0.15) is 5.75 Å². The van der Waals surface area contributed by atoms with Crippen molar-refractivity contribution in [2.24, 2.45) is 0 Å². The molecule has 0 unspecified atom stereocenters. The summed E-state index contributed by atoms with van der Waals surface area (Å²) < 4.78 is 10.8. The van der Waals surface area contributed by atoms with Crippen LogP contribution in [0.25, 0.3) is 11.4 Å². The Morgan fingerprint density at radius 3 is 2.67 bits per heavy atom. The van der Waals surface area contributed by atoms with E-state index in [1.165, 1.54) is 12.8 Å². The van der Waals surface area contributed by atoms with Gasteiger partial charge in [0.05, 0.1) is 18.0 Å². The highest BCUT2D eigenvalue weighted by Gasteiger charge is 2.17. The summed E-state index contributed by atoms with van der Waals surface area (Å²) >= 11 is 0. The Morgan fingerprint density at radius 1 is 1.13 bits per heavy atom. The molecule has 0 aliphatic carbocycles. The van der Waals surface area contributed by atoms with Crippen molar-refractivity contribution < 1.29 is 14.1 Å². The molecule has 2 aromatic carbocycles. The summed E-state index contributed by atoms with van der Waals surface area (Å²) in [4.78, 5) is 19.2. The predicted molar refractivity (Wildman–Crippen MR) is 116 cm³/mol. The number of rotatable bonds is 8. The molecule has 0 saturated carbocycles. The number of nitrogens with zero attached hydrogens (tertiary/aromatic N) is 3. The molecule has 7 nitrogen and oxygen atoms in total.